The van der Waals surface area contributed by atoms with Gasteiger partial charge in [-0.1, -0.05) is 0 Å². The molecule has 88 valence electrons. The Balaban J connectivity index is 3.28. The molecule has 0 saturated carbocycles. The number of carboxylic acids is 1. The summed E-state index contributed by atoms with van der Waals surface area (Å²) in [7, 11) is 3.81. The summed E-state index contributed by atoms with van der Waals surface area (Å²) < 4.78 is 0. The van der Waals surface area contributed by atoms with Gasteiger partial charge in [0.1, 0.15) is 5.82 Å². The third-order valence-electron chi connectivity index (χ3n) is 2.84. The molecule has 1 rings (SSSR count). The Labute approximate surface area is 95.1 Å². The van der Waals surface area contributed by atoms with Crippen molar-refractivity contribution in [2.75, 3.05) is 14.1 Å². The topological polar surface area (TPSA) is 66.3 Å². The maximum Gasteiger partial charge on any atom is 0.354 e. The highest BCUT2D eigenvalue weighted by Crippen LogP contribution is 2.22. The monoisotopic (exact) mass is 223 g/mol. The highest BCUT2D eigenvalue weighted by molar-refractivity contribution is 5.86. The number of carboxylic acid groups (broad SMARTS) is 1. The second-order valence-corrected chi connectivity index (χ2v) is 4.48. The van der Waals surface area contributed by atoms with Crippen molar-refractivity contribution in [3.05, 3.63) is 23.3 Å². The molecule has 0 amide bonds. The van der Waals surface area contributed by atoms with E-state index in [4.69, 9.17) is 5.11 Å². The molecule has 0 aromatic carbocycles. The van der Waals surface area contributed by atoms with Gasteiger partial charge in [0, 0.05) is 11.8 Å². The van der Waals surface area contributed by atoms with Crippen LogP contribution >= 0.6 is 0 Å². The number of rotatable bonds is 3. The first-order chi connectivity index (χ1) is 7.26. The van der Waals surface area contributed by atoms with Crippen LogP contribution in [0.4, 0.5) is 0 Å². The Morgan fingerprint density at radius 1 is 1.44 bits per heavy atom. The van der Waals surface area contributed by atoms with E-state index in [0.717, 1.165) is 0 Å². The molecule has 0 aliphatic heterocycles. The maximum atomic E-state index is 11.0. The Morgan fingerprint density at radius 2 is 2.00 bits per heavy atom. The number of aromatic carboxylic acids is 1. The largest absolute Gasteiger partial charge is 0.477 e. The molecular weight excluding hydrogens is 206 g/mol. The molecule has 0 spiro atoms. The molecule has 0 radical (unpaired) electrons. The molecule has 0 atom stereocenters. The fourth-order valence-electron chi connectivity index (χ4n) is 1.15. The third kappa shape index (κ3) is 2.19. The highest BCUT2D eigenvalue weighted by atomic mass is 16.4. The van der Waals surface area contributed by atoms with Crippen LogP contribution in [0.25, 0.3) is 0 Å². The maximum absolute atomic E-state index is 11.0. The van der Waals surface area contributed by atoms with Gasteiger partial charge in [-0.15, -0.1) is 0 Å². The van der Waals surface area contributed by atoms with Crippen molar-refractivity contribution < 1.29 is 9.90 Å². The quantitative estimate of drug-likeness (QED) is 0.836. The second kappa shape index (κ2) is 4.17. The molecule has 16 heavy (non-hydrogen) atoms. The van der Waals surface area contributed by atoms with Crippen molar-refractivity contribution in [1.82, 2.24) is 14.9 Å². The number of carbonyl (C=O) groups is 1. The molecular formula is C11H17N3O2. The molecule has 0 saturated heterocycles. The van der Waals surface area contributed by atoms with Gasteiger partial charge < -0.3 is 5.11 Å². The molecule has 0 aliphatic carbocycles. The van der Waals surface area contributed by atoms with Crippen LogP contribution in [0, 0.1) is 6.92 Å². The molecule has 5 heteroatoms. The third-order valence-corrected chi connectivity index (χ3v) is 2.84. The zero-order valence-electron chi connectivity index (χ0n) is 10.3. The molecule has 0 aliphatic rings. The Hall–Kier alpha value is -1.49. The van der Waals surface area contributed by atoms with E-state index in [1.165, 1.54) is 0 Å². The first-order valence-corrected chi connectivity index (χ1v) is 5.01. The van der Waals surface area contributed by atoms with E-state index in [9.17, 15) is 4.79 Å². The number of aromatic nitrogens is 2. The van der Waals surface area contributed by atoms with Crippen molar-refractivity contribution in [2.24, 2.45) is 0 Å². The molecule has 0 bridgehead atoms. The summed E-state index contributed by atoms with van der Waals surface area (Å²) in [5, 5.41) is 8.99. The predicted molar refractivity (Wildman–Crippen MR) is 60.4 cm³/mol. The second-order valence-electron chi connectivity index (χ2n) is 4.48. The summed E-state index contributed by atoms with van der Waals surface area (Å²) in [5.74, 6) is -0.504. The number of nitrogens with zero attached hydrogens (tertiary/aromatic N) is 3. The van der Waals surface area contributed by atoms with Crippen LogP contribution in [0.15, 0.2) is 6.20 Å². The van der Waals surface area contributed by atoms with Crippen LogP contribution in [0.3, 0.4) is 0 Å². The van der Waals surface area contributed by atoms with Crippen LogP contribution < -0.4 is 0 Å². The van der Waals surface area contributed by atoms with Gasteiger partial charge in [0.15, 0.2) is 5.69 Å². The van der Waals surface area contributed by atoms with E-state index in [1.807, 2.05) is 32.8 Å². The SMILES string of the molecule is Cc1cnc(C(C)(C)N(C)C)nc1C(=O)O. The molecule has 0 unspecified atom stereocenters. The summed E-state index contributed by atoms with van der Waals surface area (Å²) >= 11 is 0. The fraction of sp³-hybridized carbons (Fsp3) is 0.545. The van der Waals surface area contributed by atoms with E-state index >= 15 is 0 Å². The molecule has 5 nitrogen and oxygen atoms in total. The lowest BCUT2D eigenvalue weighted by molar-refractivity contribution is 0.0687. The lowest BCUT2D eigenvalue weighted by Gasteiger charge is -2.30. The van der Waals surface area contributed by atoms with Crippen molar-refractivity contribution >= 4 is 5.97 Å². The average Bonchev–Trinajstić information content (AvgIpc) is 2.17. The number of hydrogen-bond acceptors (Lipinski definition) is 4. The molecule has 1 heterocycles. The standard InChI is InChI=1S/C11H17N3O2/c1-7-6-12-10(11(2,3)14(4)5)13-8(7)9(15)16/h6H,1-5H3,(H,15,16). The minimum Gasteiger partial charge on any atom is -0.477 e. The van der Waals surface area contributed by atoms with Gasteiger partial charge in [0.25, 0.3) is 0 Å². The molecule has 1 aromatic rings. The first kappa shape index (κ1) is 12.6. The minimum atomic E-state index is -1.02. The summed E-state index contributed by atoms with van der Waals surface area (Å²) in [6.45, 7) is 5.59. The lowest BCUT2D eigenvalue weighted by Crippen LogP contribution is -2.37. The summed E-state index contributed by atoms with van der Waals surface area (Å²) in [4.78, 5) is 21.2. The molecule has 0 fully saturated rings. The van der Waals surface area contributed by atoms with E-state index in [1.54, 1.807) is 13.1 Å². The molecule has 1 aromatic heterocycles. The van der Waals surface area contributed by atoms with Gasteiger partial charge in [-0.3, -0.25) is 4.90 Å². The summed E-state index contributed by atoms with van der Waals surface area (Å²) in [6.07, 6.45) is 1.55. The van der Waals surface area contributed by atoms with E-state index in [-0.39, 0.29) is 5.69 Å². The Morgan fingerprint density at radius 3 is 2.44 bits per heavy atom. The number of aryl methyl sites for hydroxylation is 1. The van der Waals surface area contributed by atoms with Crippen LogP contribution in [0.5, 0.6) is 0 Å². The van der Waals surface area contributed by atoms with Crippen molar-refractivity contribution in [3.8, 4) is 0 Å². The van der Waals surface area contributed by atoms with Gasteiger partial charge in [-0.05, 0) is 34.9 Å². The van der Waals surface area contributed by atoms with Crippen LogP contribution in [-0.2, 0) is 5.54 Å². The summed E-state index contributed by atoms with van der Waals surface area (Å²) in [5.41, 5.74) is 0.253. The van der Waals surface area contributed by atoms with E-state index in [2.05, 4.69) is 9.97 Å². The number of hydrogen-bond donors (Lipinski definition) is 1. The zero-order chi connectivity index (χ0) is 12.5. The fourth-order valence-corrected chi connectivity index (χ4v) is 1.15. The van der Waals surface area contributed by atoms with Gasteiger partial charge in [0.05, 0.1) is 5.54 Å². The first-order valence-electron chi connectivity index (χ1n) is 5.01. The van der Waals surface area contributed by atoms with Crippen LogP contribution in [-0.4, -0.2) is 40.0 Å². The lowest BCUT2D eigenvalue weighted by atomic mass is 10.0. The summed E-state index contributed by atoms with van der Waals surface area (Å²) in [6, 6.07) is 0. The Kier molecular flexibility index (Phi) is 3.28. The zero-order valence-corrected chi connectivity index (χ0v) is 10.3. The van der Waals surface area contributed by atoms with E-state index in [0.29, 0.717) is 11.4 Å². The van der Waals surface area contributed by atoms with Crippen molar-refractivity contribution in [3.63, 3.8) is 0 Å². The Bertz CT molecular complexity index is 414. The van der Waals surface area contributed by atoms with Gasteiger partial charge in [-0.25, -0.2) is 14.8 Å². The van der Waals surface area contributed by atoms with E-state index < -0.39 is 11.5 Å². The van der Waals surface area contributed by atoms with Crippen LogP contribution in [0.2, 0.25) is 0 Å². The average molecular weight is 223 g/mol. The highest BCUT2D eigenvalue weighted by Gasteiger charge is 2.27. The van der Waals surface area contributed by atoms with Gasteiger partial charge >= 0.3 is 5.97 Å². The normalized spacial score (nSPS) is 11.9. The van der Waals surface area contributed by atoms with Crippen LogP contribution in [0.1, 0.15) is 35.7 Å². The van der Waals surface area contributed by atoms with Crippen molar-refractivity contribution in [1.29, 1.82) is 0 Å². The van der Waals surface area contributed by atoms with Gasteiger partial charge in [0.2, 0.25) is 0 Å². The smallest absolute Gasteiger partial charge is 0.354 e. The van der Waals surface area contributed by atoms with Crippen molar-refractivity contribution in [2.45, 2.75) is 26.3 Å². The minimum absolute atomic E-state index is 0.0694. The van der Waals surface area contributed by atoms with Gasteiger partial charge in [-0.2, -0.15) is 0 Å². The molecule has 1 N–H and O–H groups in total. The predicted octanol–water partition coefficient (Wildman–Crippen LogP) is 1.28.